The van der Waals surface area contributed by atoms with E-state index in [-0.39, 0.29) is 53.8 Å². The fourth-order valence-corrected chi connectivity index (χ4v) is 11.3. The monoisotopic (exact) mass is 509 g/mol. The molecule has 1 heterocycles. The number of nitrogens with zero attached hydrogens (tertiary/aromatic N) is 1. The van der Waals surface area contributed by atoms with Gasteiger partial charge in [0.05, 0.1) is 31.0 Å². The first-order valence-electron chi connectivity index (χ1n) is 13.6. The van der Waals surface area contributed by atoms with Crippen molar-refractivity contribution in [2.45, 2.75) is 81.2 Å². The number of esters is 1. The quantitative estimate of drug-likeness (QED) is 0.483. The molecule has 0 aromatic heterocycles. The molecule has 7 bridgehead atoms. The first-order chi connectivity index (χ1) is 17.2. The predicted molar refractivity (Wildman–Crippen MR) is 128 cm³/mol. The number of piperidine rings is 1. The van der Waals surface area contributed by atoms with Crippen molar-refractivity contribution in [3.05, 3.63) is 0 Å². The summed E-state index contributed by atoms with van der Waals surface area (Å²) in [6.45, 7) is 5.43. The first kappa shape index (κ1) is 25.5. The molecule has 1 saturated heterocycles. The van der Waals surface area contributed by atoms with Crippen molar-refractivity contribution in [2.75, 3.05) is 48.1 Å². The molecule has 1 aliphatic heterocycles. The molecule has 0 aromatic rings. The van der Waals surface area contributed by atoms with Crippen LogP contribution in [0.15, 0.2) is 0 Å². The van der Waals surface area contributed by atoms with Crippen LogP contribution in [0.1, 0.15) is 39.5 Å². The molecule has 6 rings (SSSR count). The molecule has 9 heteroatoms. The number of carbonyl (C=O) groups excluding carboxylic acids is 1. The maximum atomic E-state index is 13.2. The van der Waals surface area contributed by atoms with Gasteiger partial charge in [-0.25, -0.2) is 0 Å². The average molecular weight is 510 g/mol. The van der Waals surface area contributed by atoms with E-state index in [0.29, 0.717) is 13.2 Å². The van der Waals surface area contributed by atoms with Crippen molar-refractivity contribution in [2.24, 2.45) is 34.5 Å². The number of likely N-dealkylation sites (tertiary alicyclic amines) is 1. The van der Waals surface area contributed by atoms with Gasteiger partial charge in [0.1, 0.15) is 17.3 Å². The third-order valence-corrected chi connectivity index (χ3v) is 11.8. The molecule has 5 saturated carbocycles. The maximum Gasteiger partial charge on any atom is 0.303 e. The summed E-state index contributed by atoms with van der Waals surface area (Å²) in [5.74, 6) is -0.825. The molecule has 0 unspecified atom stereocenters. The zero-order valence-electron chi connectivity index (χ0n) is 22.4. The van der Waals surface area contributed by atoms with Crippen molar-refractivity contribution >= 4 is 5.97 Å². The van der Waals surface area contributed by atoms with E-state index >= 15 is 0 Å². The molecule has 5 aliphatic carbocycles. The van der Waals surface area contributed by atoms with Gasteiger partial charge in [-0.1, -0.05) is 6.92 Å². The highest BCUT2D eigenvalue weighted by Gasteiger charge is 2.92. The lowest BCUT2D eigenvalue weighted by atomic mass is 9.42. The Kier molecular flexibility index (Phi) is 5.73. The van der Waals surface area contributed by atoms with E-state index in [4.69, 9.17) is 23.7 Å². The van der Waals surface area contributed by atoms with E-state index in [1.54, 1.807) is 28.4 Å². The summed E-state index contributed by atoms with van der Waals surface area (Å²) in [7, 11) is 6.86. The van der Waals surface area contributed by atoms with Gasteiger partial charge >= 0.3 is 5.97 Å². The molecule has 0 radical (unpaired) electrons. The van der Waals surface area contributed by atoms with Gasteiger partial charge in [-0.3, -0.25) is 9.69 Å². The first-order valence-corrected chi connectivity index (χ1v) is 13.6. The molecule has 0 amide bonds. The number of ether oxygens (including phenoxy) is 5. The zero-order valence-corrected chi connectivity index (χ0v) is 22.4. The van der Waals surface area contributed by atoms with E-state index in [0.717, 1.165) is 25.8 Å². The van der Waals surface area contributed by atoms with Gasteiger partial charge < -0.3 is 33.9 Å². The number of aliphatic hydroxyl groups is 2. The summed E-state index contributed by atoms with van der Waals surface area (Å²) < 4.78 is 30.4. The van der Waals surface area contributed by atoms with Crippen LogP contribution in [0.3, 0.4) is 0 Å². The lowest BCUT2D eigenvalue weighted by Crippen LogP contribution is -2.82. The van der Waals surface area contributed by atoms with Gasteiger partial charge in [-0.15, -0.1) is 0 Å². The van der Waals surface area contributed by atoms with E-state index in [1.807, 2.05) is 0 Å². The summed E-state index contributed by atoms with van der Waals surface area (Å²) in [6, 6.07) is -0.419. The summed E-state index contributed by atoms with van der Waals surface area (Å²) in [6.07, 6.45) is 1.24. The van der Waals surface area contributed by atoms with Crippen LogP contribution in [0, 0.1) is 34.5 Å². The lowest BCUT2D eigenvalue weighted by Gasteiger charge is -2.70. The van der Waals surface area contributed by atoms with Crippen molar-refractivity contribution in [3.63, 3.8) is 0 Å². The highest BCUT2D eigenvalue weighted by Crippen LogP contribution is 2.80. The van der Waals surface area contributed by atoms with Gasteiger partial charge in [0.25, 0.3) is 0 Å². The van der Waals surface area contributed by atoms with E-state index in [1.165, 1.54) is 6.92 Å². The van der Waals surface area contributed by atoms with Crippen LogP contribution in [0.2, 0.25) is 0 Å². The molecule has 6 aliphatic rings. The topological polar surface area (TPSA) is 107 Å². The Hall–Kier alpha value is -0.810. The fourth-order valence-electron chi connectivity index (χ4n) is 11.3. The smallest absolute Gasteiger partial charge is 0.303 e. The molecule has 0 aromatic carbocycles. The number of carbonyl (C=O) groups is 1. The second kappa shape index (κ2) is 8.10. The number of rotatable bonds is 7. The Morgan fingerprint density at radius 2 is 1.86 bits per heavy atom. The van der Waals surface area contributed by atoms with Crippen LogP contribution in [0.4, 0.5) is 0 Å². The Morgan fingerprint density at radius 3 is 2.44 bits per heavy atom. The highest BCUT2D eigenvalue weighted by atomic mass is 16.6. The molecule has 6 fully saturated rings. The van der Waals surface area contributed by atoms with Gasteiger partial charge in [0.2, 0.25) is 0 Å². The summed E-state index contributed by atoms with van der Waals surface area (Å²) in [5, 5.41) is 26.1. The van der Waals surface area contributed by atoms with Crippen molar-refractivity contribution in [3.8, 4) is 0 Å². The van der Waals surface area contributed by atoms with E-state index < -0.39 is 34.7 Å². The molecule has 36 heavy (non-hydrogen) atoms. The minimum absolute atomic E-state index is 0.0178. The van der Waals surface area contributed by atoms with E-state index in [9.17, 15) is 15.0 Å². The SMILES string of the molecule is CCN1C[C@]2(COC)CC[C@H](OC)[C@@]34[C@@H]5C[C@H]6[C@H](OC)[C@@H]5[C@](O)(C[C@@H]6OC)[C@](O)([C@@H](OC(C)=O)[C@H]23)[C@@H]14. The normalized spacial score (nSPS) is 56.6. The minimum Gasteiger partial charge on any atom is -0.459 e. The molecule has 1 spiro atoms. The van der Waals surface area contributed by atoms with Crippen LogP contribution in [0.25, 0.3) is 0 Å². The number of hydrogen-bond acceptors (Lipinski definition) is 9. The highest BCUT2D eigenvalue weighted by molar-refractivity contribution is 5.67. The maximum absolute atomic E-state index is 13.2. The predicted octanol–water partition coefficient (Wildman–Crippen LogP) is 0.842. The summed E-state index contributed by atoms with van der Waals surface area (Å²) >= 11 is 0. The second-order valence-corrected chi connectivity index (χ2v) is 12.5. The zero-order chi connectivity index (χ0) is 25.8. The van der Waals surface area contributed by atoms with Crippen LogP contribution in [-0.4, -0.2) is 111 Å². The van der Waals surface area contributed by atoms with Crippen LogP contribution < -0.4 is 0 Å². The fraction of sp³-hybridized carbons (Fsp3) is 0.963. The molecule has 204 valence electrons. The number of likely N-dealkylation sites (N-methyl/N-ethyl adjacent to an activating group) is 1. The van der Waals surface area contributed by atoms with Crippen molar-refractivity contribution in [1.82, 2.24) is 4.90 Å². The van der Waals surface area contributed by atoms with Gasteiger partial charge in [0, 0.05) is 76.9 Å². The van der Waals surface area contributed by atoms with Gasteiger partial charge in [-0.2, -0.15) is 0 Å². The Labute approximate surface area is 213 Å². The molecule has 13 atom stereocenters. The standard InChI is InChI=1S/C27H43NO8/c1-7-28-12-24(13-32-3)9-8-18(34-5)26-16-10-15-17(33-4)11-25(30,19(16)20(15)35-6)27(31,23(26)28)22(21(24)26)36-14(2)29/h15-23,30-31H,7-13H2,1-6H3/t15-,16-,17+,18+,19-,20+,21-,22+,23+,24+,25-,26+,27+/m1/s1. The number of methoxy groups -OCH3 is 4. The molecule has 9 nitrogen and oxygen atoms in total. The van der Waals surface area contributed by atoms with E-state index in [2.05, 4.69) is 11.8 Å². The molecular formula is C27H43NO8. The summed E-state index contributed by atoms with van der Waals surface area (Å²) in [4.78, 5) is 15.0. The van der Waals surface area contributed by atoms with Crippen LogP contribution in [0.5, 0.6) is 0 Å². The molecular weight excluding hydrogens is 466 g/mol. The third-order valence-electron chi connectivity index (χ3n) is 11.8. The summed E-state index contributed by atoms with van der Waals surface area (Å²) in [5.41, 5.74) is -4.12. The average Bonchev–Trinajstić information content (AvgIpc) is 3.26. The Bertz CT molecular complexity index is 918. The van der Waals surface area contributed by atoms with Crippen molar-refractivity contribution in [1.29, 1.82) is 0 Å². The van der Waals surface area contributed by atoms with Crippen LogP contribution >= 0.6 is 0 Å². The van der Waals surface area contributed by atoms with Gasteiger partial charge in [-0.05, 0) is 31.7 Å². The van der Waals surface area contributed by atoms with Crippen molar-refractivity contribution < 1.29 is 38.7 Å². The minimum atomic E-state index is -1.71. The lowest BCUT2D eigenvalue weighted by molar-refractivity contribution is -0.320. The van der Waals surface area contributed by atoms with Gasteiger partial charge in [0.15, 0.2) is 0 Å². The second-order valence-electron chi connectivity index (χ2n) is 12.5. The largest absolute Gasteiger partial charge is 0.459 e. The Morgan fingerprint density at radius 1 is 1.11 bits per heavy atom. The third kappa shape index (κ3) is 2.55. The van der Waals surface area contributed by atoms with Crippen LogP contribution in [-0.2, 0) is 28.5 Å². The molecule has 2 N–H and O–H groups in total. The number of fused-ring (bicyclic) bond motifs is 2. The Balaban J connectivity index is 1.69. The number of hydrogen-bond donors (Lipinski definition) is 2.